The predicted octanol–water partition coefficient (Wildman–Crippen LogP) is 2.22. The number of nitrogens with zero attached hydrogens (tertiary/aromatic N) is 3. The summed E-state index contributed by atoms with van der Waals surface area (Å²) in [6.07, 6.45) is 3.49. The number of hydrogen-bond donors (Lipinski definition) is 1. The van der Waals surface area contributed by atoms with E-state index in [0.29, 0.717) is 16.4 Å². The van der Waals surface area contributed by atoms with Crippen molar-refractivity contribution in [3.8, 4) is 0 Å². The molecule has 2 rings (SSSR count). The van der Waals surface area contributed by atoms with Gasteiger partial charge in [-0.15, -0.1) is 0 Å². The highest BCUT2D eigenvalue weighted by Gasteiger charge is 2.15. The van der Waals surface area contributed by atoms with Crippen LogP contribution in [0.15, 0.2) is 40.6 Å². The molecule has 0 atom stereocenters. The van der Waals surface area contributed by atoms with Gasteiger partial charge in [0.2, 0.25) is 0 Å². The highest BCUT2D eigenvalue weighted by Crippen LogP contribution is 2.30. The zero-order valence-corrected chi connectivity index (χ0v) is 12.4. The van der Waals surface area contributed by atoms with Crippen LogP contribution in [0.25, 0.3) is 0 Å². The molecular formula is C14H16N4OS. The van der Waals surface area contributed by atoms with Gasteiger partial charge in [0, 0.05) is 37.1 Å². The molecule has 0 aliphatic heterocycles. The quantitative estimate of drug-likeness (QED) is 0.692. The second-order valence-corrected chi connectivity index (χ2v) is 5.61. The number of aryl methyl sites for hydroxylation is 1. The third-order valence-corrected chi connectivity index (χ3v) is 3.55. The third kappa shape index (κ3) is 3.27. The molecule has 1 aromatic heterocycles. The summed E-state index contributed by atoms with van der Waals surface area (Å²) in [4.78, 5) is 22.9. The van der Waals surface area contributed by atoms with Gasteiger partial charge < -0.3 is 10.6 Å². The van der Waals surface area contributed by atoms with Crippen molar-refractivity contribution in [1.29, 1.82) is 0 Å². The summed E-state index contributed by atoms with van der Waals surface area (Å²) in [6.45, 7) is 1.93. The van der Waals surface area contributed by atoms with Gasteiger partial charge in [0.15, 0.2) is 5.16 Å². The van der Waals surface area contributed by atoms with E-state index in [1.54, 1.807) is 44.7 Å². The average Bonchev–Trinajstić information content (AvgIpc) is 2.41. The summed E-state index contributed by atoms with van der Waals surface area (Å²) in [5, 5.41) is 0.592. The lowest BCUT2D eigenvalue weighted by atomic mass is 10.2. The maximum Gasteiger partial charge on any atom is 0.254 e. The minimum atomic E-state index is -0.0698. The molecule has 1 amide bonds. The fraction of sp³-hybridized carbons (Fsp3) is 0.214. The molecule has 0 bridgehead atoms. The van der Waals surface area contributed by atoms with E-state index in [1.807, 2.05) is 6.92 Å². The molecule has 0 spiro atoms. The van der Waals surface area contributed by atoms with Gasteiger partial charge in [0.05, 0.1) is 5.56 Å². The van der Waals surface area contributed by atoms with Crippen LogP contribution in [-0.2, 0) is 0 Å². The van der Waals surface area contributed by atoms with E-state index < -0.39 is 0 Å². The Morgan fingerprint density at radius 2 is 1.90 bits per heavy atom. The van der Waals surface area contributed by atoms with E-state index >= 15 is 0 Å². The summed E-state index contributed by atoms with van der Waals surface area (Å²) >= 11 is 1.33. The summed E-state index contributed by atoms with van der Waals surface area (Å²) in [5.41, 5.74) is 8.00. The first kappa shape index (κ1) is 14.3. The Bertz CT molecular complexity index is 626. The van der Waals surface area contributed by atoms with Crippen molar-refractivity contribution in [3.63, 3.8) is 0 Å². The zero-order chi connectivity index (χ0) is 14.7. The van der Waals surface area contributed by atoms with Crippen LogP contribution in [-0.4, -0.2) is 34.9 Å². The molecule has 0 unspecified atom stereocenters. The maximum atomic E-state index is 12.2. The molecule has 0 fully saturated rings. The second kappa shape index (κ2) is 5.92. The van der Waals surface area contributed by atoms with Crippen molar-refractivity contribution in [2.45, 2.75) is 17.0 Å². The minimum Gasteiger partial charge on any atom is -0.399 e. The Kier molecular flexibility index (Phi) is 4.24. The van der Waals surface area contributed by atoms with Crippen LogP contribution < -0.4 is 5.73 Å². The standard InChI is InChI=1S/C14H16N4OS/c1-9-7-16-14(17-8-9)20-12-6-10(15)4-5-11(12)13(19)18(2)3/h4-8H,15H2,1-3H3. The van der Waals surface area contributed by atoms with Gasteiger partial charge >= 0.3 is 0 Å². The molecule has 0 saturated heterocycles. The van der Waals surface area contributed by atoms with Crippen molar-refractivity contribution >= 4 is 23.4 Å². The molecule has 6 heteroatoms. The number of rotatable bonds is 3. The molecule has 5 nitrogen and oxygen atoms in total. The van der Waals surface area contributed by atoms with Gasteiger partial charge in [-0.2, -0.15) is 0 Å². The molecule has 2 aromatic rings. The lowest BCUT2D eigenvalue weighted by Gasteiger charge is -2.13. The van der Waals surface area contributed by atoms with Crippen LogP contribution >= 0.6 is 11.8 Å². The lowest BCUT2D eigenvalue weighted by Crippen LogP contribution is -2.22. The zero-order valence-electron chi connectivity index (χ0n) is 11.6. The molecular weight excluding hydrogens is 272 g/mol. The number of carbonyl (C=O) groups excluding carboxylic acids is 1. The molecule has 104 valence electrons. The van der Waals surface area contributed by atoms with Crippen molar-refractivity contribution in [2.75, 3.05) is 19.8 Å². The van der Waals surface area contributed by atoms with Crippen molar-refractivity contribution in [2.24, 2.45) is 0 Å². The van der Waals surface area contributed by atoms with Gasteiger partial charge in [0.1, 0.15) is 0 Å². The summed E-state index contributed by atoms with van der Waals surface area (Å²) in [7, 11) is 3.44. The maximum absolute atomic E-state index is 12.2. The Morgan fingerprint density at radius 3 is 2.50 bits per heavy atom. The Hall–Kier alpha value is -2.08. The highest BCUT2D eigenvalue weighted by molar-refractivity contribution is 7.99. The SMILES string of the molecule is Cc1cnc(Sc2cc(N)ccc2C(=O)N(C)C)nc1. The molecule has 20 heavy (non-hydrogen) atoms. The van der Waals surface area contributed by atoms with Crippen LogP contribution in [0.2, 0.25) is 0 Å². The van der Waals surface area contributed by atoms with Crippen LogP contribution in [0, 0.1) is 6.92 Å². The van der Waals surface area contributed by atoms with Crippen molar-refractivity contribution < 1.29 is 4.79 Å². The van der Waals surface area contributed by atoms with Gasteiger partial charge in [0.25, 0.3) is 5.91 Å². The lowest BCUT2D eigenvalue weighted by molar-refractivity contribution is 0.0824. The highest BCUT2D eigenvalue weighted by atomic mass is 32.2. The Morgan fingerprint density at radius 1 is 1.25 bits per heavy atom. The number of aromatic nitrogens is 2. The molecule has 0 radical (unpaired) electrons. The largest absolute Gasteiger partial charge is 0.399 e. The molecule has 0 aliphatic carbocycles. The first-order chi connectivity index (χ1) is 9.47. The predicted molar refractivity (Wildman–Crippen MR) is 79.8 cm³/mol. The van der Waals surface area contributed by atoms with Crippen molar-refractivity contribution in [3.05, 3.63) is 41.7 Å². The van der Waals surface area contributed by atoms with Crippen molar-refractivity contribution in [1.82, 2.24) is 14.9 Å². The van der Waals surface area contributed by atoms with Gasteiger partial charge in [-0.05, 0) is 42.4 Å². The number of nitrogens with two attached hydrogens (primary N) is 1. The van der Waals surface area contributed by atoms with Crippen LogP contribution in [0.1, 0.15) is 15.9 Å². The van der Waals surface area contributed by atoms with Gasteiger partial charge in [-0.25, -0.2) is 9.97 Å². The monoisotopic (exact) mass is 288 g/mol. The van der Waals surface area contributed by atoms with Crippen LogP contribution in [0.4, 0.5) is 5.69 Å². The minimum absolute atomic E-state index is 0.0698. The number of hydrogen-bond acceptors (Lipinski definition) is 5. The first-order valence-corrected chi connectivity index (χ1v) is 6.86. The van der Waals surface area contributed by atoms with Gasteiger partial charge in [-0.3, -0.25) is 4.79 Å². The number of amides is 1. The molecule has 0 saturated carbocycles. The normalized spacial score (nSPS) is 10.3. The summed E-state index contributed by atoms with van der Waals surface area (Å²) in [6, 6.07) is 5.22. The fourth-order valence-electron chi connectivity index (χ4n) is 1.57. The van der Waals surface area contributed by atoms with E-state index in [0.717, 1.165) is 10.5 Å². The number of carbonyl (C=O) groups is 1. The fourth-order valence-corrected chi connectivity index (χ4v) is 2.44. The molecule has 2 N–H and O–H groups in total. The third-order valence-electron chi connectivity index (χ3n) is 2.60. The topological polar surface area (TPSA) is 72.1 Å². The summed E-state index contributed by atoms with van der Waals surface area (Å²) in [5.74, 6) is -0.0698. The van der Waals surface area contributed by atoms with Crippen LogP contribution in [0.3, 0.4) is 0 Å². The average molecular weight is 288 g/mol. The molecule has 1 heterocycles. The Balaban J connectivity index is 2.37. The van der Waals surface area contributed by atoms with E-state index in [1.165, 1.54) is 16.7 Å². The Labute approximate surface area is 122 Å². The van der Waals surface area contributed by atoms with E-state index in [9.17, 15) is 4.79 Å². The number of nitrogen functional groups attached to an aromatic ring is 1. The number of benzene rings is 1. The number of anilines is 1. The first-order valence-electron chi connectivity index (χ1n) is 6.05. The molecule has 0 aliphatic rings. The second-order valence-electron chi connectivity index (χ2n) is 4.60. The van der Waals surface area contributed by atoms with E-state index in [-0.39, 0.29) is 5.91 Å². The molecule has 1 aromatic carbocycles. The van der Waals surface area contributed by atoms with Gasteiger partial charge in [-0.1, -0.05) is 0 Å². The van der Waals surface area contributed by atoms with E-state index in [4.69, 9.17) is 5.73 Å². The van der Waals surface area contributed by atoms with Crippen LogP contribution in [0.5, 0.6) is 0 Å². The summed E-state index contributed by atoms with van der Waals surface area (Å²) < 4.78 is 0. The smallest absolute Gasteiger partial charge is 0.254 e. The van der Waals surface area contributed by atoms with E-state index in [2.05, 4.69) is 9.97 Å².